The van der Waals surface area contributed by atoms with E-state index >= 15 is 0 Å². The first-order chi connectivity index (χ1) is 9.00. The van der Waals surface area contributed by atoms with E-state index in [0.717, 1.165) is 45.8 Å². The van der Waals surface area contributed by atoms with Crippen LogP contribution in [-0.2, 0) is 14.2 Å². The average molecular weight is 271 g/mol. The van der Waals surface area contributed by atoms with Gasteiger partial charge in [0.05, 0.1) is 38.5 Å². The van der Waals surface area contributed by atoms with E-state index in [1.54, 1.807) is 0 Å². The zero-order valence-electron chi connectivity index (χ0n) is 12.9. The second-order valence-electron chi connectivity index (χ2n) is 6.77. The van der Waals surface area contributed by atoms with Gasteiger partial charge < -0.3 is 14.2 Å². The summed E-state index contributed by atoms with van der Waals surface area (Å²) in [4.78, 5) is 2.45. The van der Waals surface area contributed by atoms with Crippen molar-refractivity contribution in [3.05, 3.63) is 0 Å². The largest absolute Gasteiger partial charge is 0.378 e. The maximum absolute atomic E-state index is 6.24. The molecule has 0 saturated carbocycles. The third-order valence-corrected chi connectivity index (χ3v) is 4.04. The standard InChI is InChI=1S/C15H29NO3/c1-5-6-13(15(2,3)4)19-14-9-16(7-8-18-14)12-10-17-11-12/h12-14H,5-11H2,1-4H3. The lowest BCUT2D eigenvalue weighted by atomic mass is 9.86. The molecule has 0 N–H and O–H groups in total. The average Bonchev–Trinajstić information content (AvgIpc) is 2.25. The van der Waals surface area contributed by atoms with Crippen molar-refractivity contribution >= 4 is 0 Å². The Morgan fingerprint density at radius 1 is 1.32 bits per heavy atom. The third-order valence-electron chi connectivity index (χ3n) is 4.04. The first kappa shape index (κ1) is 15.2. The third kappa shape index (κ3) is 4.15. The molecule has 0 aromatic rings. The summed E-state index contributed by atoms with van der Waals surface area (Å²) in [6.07, 6.45) is 2.43. The lowest BCUT2D eigenvalue weighted by molar-refractivity contribution is -0.233. The zero-order valence-corrected chi connectivity index (χ0v) is 12.9. The van der Waals surface area contributed by atoms with E-state index in [1.165, 1.54) is 0 Å². The molecule has 0 aromatic heterocycles. The van der Waals surface area contributed by atoms with Gasteiger partial charge in [-0.3, -0.25) is 4.90 Å². The van der Waals surface area contributed by atoms with E-state index in [9.17, 15) is 0 Å². The highest BCUT2D eigenvalue weighted by Gasteiger charge is 2.34. The smallest absolute Gasteiger partial charge is 0.170 e. The van der Waals surface area contributed by atoms with Crippen molar-refractivity contribution in [2.75, 3.05) is 32.9 Å². The van der Waals surface area contributed by atoms with Crippen molar-refractivity contribution in [3.8, 4) is 0 Å². The van der Waals surface area contributed by atoms with Crippen LogP contribution in [0.25, 0.3) is 0 Å². The fraction of sp³-hybridized carbons (Fsp3) is 1.00. The first-order valence-electron chi connectivity index (χ1n) is 7.59. The van der Waals surface area contributed by atoms with Gasteiger partial charge in [-0.25, -0.2) is 0 Å². The maximum atomic E-state index is 6.24. The van der Waals surface area contributed by atoms with Gasteiger partial charge in [0.15, 0.2) is 6.29 Å². The molecule has 2 fully saturated rings. The number of nitrogens with zero attached hydrogens (tertiary/aromatic N) is 1. The van der Waals surface area contributed by atoms with Gasteiger partial charge in [-0.1, -0.05) is 34.1 Å². The predicted molar refractivity (Wildman–Crippen MR) is 75.2 cm³/mol. The van der Waals surface area contributed by atoms with Gasteiger partial charge >= 0.3 is 0 Å². The molecule has 0 radical (unpaired) electrons. The van der Waals surface area contributed by atoms with Gasteiger partial charge in [-0.2, -0.15) is 0 Å². The molecule has 0 bridgehead atoms. The van der Waals surface area contributed by atoms with Crippen LogP contribution in [0.2, 0.25) is 0 Å². The molecule has 2 saturated heterocycles. The molecule has 112 valence electrons. The molecular formula is C15H29NO3. The SMILES string of the molecule is CCCC(OC1CN(C2COC2)CCO1)C(C)(C)C. The summed E-state index contributed by atoms with van der Waals surface area (Å²) in [6.45, 7) is 13.3. The molecular weight excluding hydrogens is 242 g/mol. The molecule has 0 amide bonds. The molecule has 0 aliphatic carbocycles. The van der Waals surface area contributed by atoms with Crippen LogP contribution < -0.4 is 0 Å². The quantitative estimate of drug-likeness (QED) is 0.767. The van der Waals surface area contributed by atoms with E-state index < -0.39 is 0 Å². The van der Waals surface area contributed by atoms with E-state index in [1.807, 2.05) is 0 Å². The Labute approximate surface area is 117 Å². The zero-order chi connectivity index (χ0) is 13.9. The topological polar surface area (TPSA) is 30.9 Å². The molecule has 0 aromatic carbocycles. The summed E-state index contributed by atoms with van der Waals surface area (Å²) in [5, 5.41) is 0. The summed E-state index contributed by atoms with van der Waals surface area (Å²) < 4.78 is 17.3. The molecule has 19 heavy (non-hydrogen) atoms. The van der Waals surface area contributed by atoms with Gasteiger partial charge in [-0.05, 0) is 11.8 Å². The Bertz CT molecular complexity index is 273. The number of hydrogen-bond acceptors (Lipinski definition) is 4. The van der Waals surface area contributed by atoms with E-state index in [-0.39, 0.29) is 17.8 Å². The Balaban J connectivity index is 1.85. The van der Waals surface area contributed by atoms with Crippen molar-refractivity contribution in [1.82, 2.24) is 4.90 Å². The van der Waals surface area contributed by atoms with Crippen LogP contribution in [0.4, 0.5) is 0 Å². The van der Waals surface area contributed by atoms with Gasteiger partial charge in [0, 0.05) is 6.54 Å². The van der Waals surface area contributed by atoms with E-state index in [2.05, 4.69) is 32.6 Å². The van der Waals surface area contributed by atoms with Gasteiger partial charge in [0.1, 0.15) is 0 Å². The van der Waals surface area contributed by atoms with Gasteiger partial charge in [0.2, 0.25) is 0 Å². The second-order valence-corrected chi connectivity index (χ2v) is 6.77. The van der Waals surface area contributed by atoms with Crippen molar-refractivity contribution < 1.29 is 14.2 Å². The molecule has 0 spiro atoms. The Morgan fingerprint density at radius 3 is 2.58 bits per heavy atom. The summed E-state index contributed by atoms with van der Waals surface area (Å²) in [5.74, 6) is 0. The monoisotopic (exact) mass is 271 g/mol. The molecule has 4 heteroatoms. The van der Waals surface area contributed by atoms with Crippen LogP contribution in [0.1, 0.15) is 40.5 Å². The van der Waals surface area contributed by atoms with Crippen LogP contribution in [0.5, 0.6) is 0 Å². The Kier molecular flexibility index (Phi) is 5.23. The normalized spacial score (nSPS) is 28.1. The minimum atomic E-state index is -0.0786. The second kappa shape index (κ2) is 6.53. The van der Waals surface area contributed by atoms with Crippen LogP contribution in [0.15, 0.2) is 0 Å². The summed E-state index contributed by atoms with van der Waals surface area (Å²) >= 11 is 0. The summed E-state index contributed by atoms with van der Waals surface area (Å²) in [6, 6.07) is 0.578. The predicted octanol–water partition coefficient (Wildman–Crippen LogP) is 2.27. The van der Waals surface area contributed by atoms with Crippen molar-refractivity contribution in [3.63, 3.8) is 0 Å². The molecule has 2 aliphatic heterocycles. The molecule has 2 heterocycles. The Morgan fingerprint density at radius 2 is 2.05 bits per heavy atom. The highest BCUT2D eigenvalue weighted by Crippen LogP contribution is 2.28. The van der Waals surface area contributed by atoms with E-state index in [4.69, 9.17) is 14.2 Å². The van der Waals surface area contributed by atoms with E-state index in [0.29, 0.717) is 6.04 Å². The fourth-order valence-corrected chi connectivity index (χ4v) is 2.64. The molecule has 2 unspecified atom stereocenters. The summed E-state index contributed by atoms with van der Waals surface area (Å²) in [5.41, 5.74) is 0.168. The first-order valence-corrected chi connectivity index (χ1v) is 7.59. The fourth-order valence-electron chi connectivity index (χ4n) is 2.64. The Hall–Kier alpha value is -0.160. The van der Waals surface area contributed by atoms with Crippen LogP contribution in [0, 0.1) is 5.41 Å². The van der Waals surface area contributed by atoms with Crippen molar-refractivity contribution in [2.45, 2.75) is 59.0 Å². The molecule has 2 rings (SSSR count). The number of rotatable bonds is 5. The lowest BCUT2D eigenvalue weighted by Gasteiger charge is -2.43. The molecule has 2 atom stereocenters. The van der Waals surface area contributed by atoms with Crippen molar-refractivity contribution in [1.29, 1.82) is 0 Å². The minimum Gasteiger partial charge on any atom is -0.378 e. The van der Waals surface area contributed by atoms with Crippen LogP contribution in [0.3, 0.4) is 0 Å². The lowest BCUT2D eigenvalue weighted by Crippen LogP contribution is -2.56. The molecule has 4 nitrogen and oxygen atoms in total. The van der Waals surface area contributed by atoms with Gasteiger partial charge in [-0.15, -0.1) is 0 Å². The highest BCUT2D eigenvalue weighted by molar-refractivity contribution is 4.81. The minimum absolute atomic E-state index is 0.0786. The number of ether oxygens (including phenoxy) is 3. The number of hydrogen-bond donors (Lipinski definition) is 0. The highest BCUT2D eigenvalue weighted by atomic mass is 16.7. The van der Waals surface area contributed by atoms with Crippen LogP contribution in [-0.4, -0.2) is 56.2 Å². The molecule has 2 aliphatic rings. The maximum Gasteiger partial charge on any atom is 0.170 e. The summed E-state index contributed by atoms with van der Waals surface area (Å²) in [7, 11) is 0. The van der Waals surface area contributed by atoms with Crippen LogP contribution >= 0.6 is 0 Å². The van der Waals surface area contributed by atoms with Gasteiger partial charge in [0.25, 0.3) is 0 Å². The van der Waals surface area contributed by atoms with Crippen molar-refractivity contribution in [2.24, 2.45) is 5.41 Å². The number of morpholine rings is 1.